The maximum absolute atomic E-state index is 12.7. The second kappa shape index (κ2) is 8.19. The van der Waals surface area contributed by atoms with Gasteiger partial charge in [0.1, 0.15) is 0 Å². The molecule has 1 aromatic heterocycles. The molecule has 1 atom stereocenters. The Morgan fingerprint density at radius 3 is 2.63 bits per heavy atom. The summed E-state index contributed by atoms with van der Waals surface area (Å²) >= 11 is 0. The van der Waals surface area contributed by atoms with E-state index < -0.39 is 0 Å². The van der Waals surface area contributed by atoms with Crippen LogP contribution in [0.2, 0.25) is 0 Å². The van der Waals surface area contributed by atoms with Crippen molar-refractivity contribution >= 4 is 5.91 Å². The molecule has 27 heavy (non-hydrogen) atoms. The maximum Gasteiger partial charge on any atom is 0.240 e. The van der Waals surface area contributed by atoms with Crippen molar-refractivity contribution in [2.24, 2.45) is 0 Å². The molecule has 2 fully saturated rings. The minimum atomic E-state index is 0.0892. The highest BCUT2D eigenvalue weighted by molar-refractivity contribution is 5.82. The average molecular weight is 369 g/mol. The topological polar surface area (TPSA) is 65.7 Å². The van der Waals surface area contributed by atoms with Gasteiger partial charge in [-0.15, -0.1) is 0 Å². The van der Waals surface area contributed by atoms with Crippen molar-refractivity contribution in [3.63, 3.8) is 0 Å². The smallest absolute Gasteiger partial charge is 0.240 e. The Hall–Kier alpha value is -2.25. The number of likely N-dealkylation sites (tertiary alicyclic amines) is 1. The molecule has 7 nitrogen and oxygen atoms in total. The van der Waals surface area contributed by atoms with Crippen LogP contribution >= 0.6 is 0 Å². The summed E-state index contributed by atoms with van der Waals surface area (Å²) in [6.45, 7) is 5.33. The third kappa shape index (κ3) is 4.20. The van der Waals surface area contributed by atoms with E-state index in [2.05, 4.69) is 27.0 Å². The number of rotatable bonds is 5. The summed E-state index contributed by atoms with van der Waals surface area (Å²) in [5, 5.41) is 4.07. The highest BCUT2D eigenvalue weighted by Crippen LogP contribution is 2.18. The number of hydrogen-bond acceptors (Lipinski definition) is 6. The minimum Gasteiger partial charge on any atom is -0.339 e. The van der Waals surface area contributed by atoms with Gasteiger partial charge in [0, 0.05) is 44.7 Å². The molecule has 1 unspecified atom stereocenters. The second-order valence-electron chi connectivity index (χ2n) is 7.43. The van der Waals surface area contributed by atoms with Crippen LogP contribution in [0.25, 0.3) is 11.4 Å². The zero-order valence-electron chi connectivity index (χ0n) is 15.9. The molecule has 0 bridgehead atoms. The fraction of sp³-hybridized carbons (Fsp3) is 0.550. The van der Waals surface area contributed by atoms with Gasteiger partial charge in [0.05, 0.1) is 6.04 Å². The molecular weight excluding hydrogens is 342 g/mol. The van der Waals surface area contributed by atoms with Crippen molar-refractivity contribution in [2.45, 2.75) is 25.3 Å². The van der Waals surface area contributed by atoms with Crippen molar-refractivity contribution in [1.82, 2.24) is 24.8 Å². The molecule has 2 saturated heterocycles. The van der Waals surface area contributed by atoms with Gasteiger partial charge in [-0.1, -0.05) is 35.5 Å². The third-order valence-corrected chi connectivity index (χ3v) is 5.63. The van der Waals surface area contributed by atoms with Crippen LogP contribution in [0.15, 0.2) is 34.9 Å². The SMILES string of the molecule is CN1CCCC1C(=O)N1CCN(CCc2nc(-c3ccccc3)no2)CC1. The third-order valence-electron chi connectivity index (χ3n) is 5.63. The molecule has 0 N–H and O–H groups in total. The summed E-state index contributed by atoms with van der Waals surface area (Å²) in [4.78, 5) is 23.8. The van der Waals surface area contributed by atoms with Gasteiger partial charge in [0.15, 0.2) is 0 Å². The van der Waals surface area contributed by atoms with E-state index in [1.807, 2.05) is 35.2 Å². The lowest BCUT2D eigenvalue weighted by Gasteiger charge is -2.36. The van der Waals surface area contributed by atoms with Crippen molar-refractivity contribution < 1.29 is 9.32 Å². The van der Waals surface area contributed by atoms with Crippen molar-refractivity contribution in [2.75, 3.05) is 46.3 Å². The van der Waals surface area contributed by atoms with Crippen LogP contribution in [0.4, 0.5) is 0 Å². The van der Waals surface area contributed by atoms with Crippen LogP contribution in [0, 0.1) is 0 Å². The number of carbonyl (C=O) groups is 1. The Labute approximate surface area is 159 Å². The van der Waals surface area contributed by atoms with Gasteiger partial charge in [-0.25, -0.2) is 0 Å². The molecule has 3 heterocycles. The standard InChI is InChI=1S/C20H27N5O2/c1-23-10-5-8-17(23)20(26)25-14-12-24(13-15-25)11-9-18-21-19(22-27-18)16-6-3-2-4-7-16/h2-4,6-7,17H,5,8-15H2,1H3. The van der Waals surface area contributed by atoms with Crippen LogP contribution in [-0.4, -0.2) is 83.1 Å². The molecule has 144 valence electrons. The lowest BCUT2D eigenvalue weighted by atomic mass is 10.1. The van der Waals surface area contributed by atoms with Gasteiger partial charge in [0.25, 0.3) is 0 Å². The van der Waals surface area contributed by atoms with E-state index in [0.717, 1.165) is 64.1 Å². The predicted octanol–water partition coefficient (Wildman–Crippen LogP) is 1.52. The number of nitrogens with zero attached hydrogens (tertiary/aromatic N) is 5. The maximum atomic E-state index is 12.7. The summed E-state index contributed by atoms with van der Waals surface area (Å²) in [6, 6.07) is 9.95. The van der Waals surface area contributed by atoms with Crippen molar-refractivity contribution in [1.29, 1.82) is 0 Å². The summed E-state index contributed by atoms with van der Waals surface area (Å²) in [7, 11) is 2.06. The van der Waals surface area contributed by atoms with Crippen molar-refractivity contribution in [3.8, 4) is 11.4 Å². The Kier molecular flexibility index (Phi) is 5.50. The first-order valence-corrected chi connectivity index (χ1v) is 9.80. The number of hydrogen-bond donors (Lipinski definition) is 0. The number of amides is 1. The Morgan fingerprint density at radius 2 is 1.93 bits per heavy atom. The van der Waals surface area contributed by atoms with Crippen LogP contribution in [0.1, 0.15) is 18.7 Å². The molecule has 2 aliphatic heterocycles. The molecule has 2 aromatic rings. The van der Waals surface area contributed by atoms with Crippen LogP contribution in [0.5, 0.6) is 0 Å². The molecule has 7 heteroatoms. The Morgan fingerprint density at radius 1 is 1.15 bits per heavy atom. The van der Waals surface area contributed by atoms with E-state index in [4.69, 9.17) is 4.52 Å². The van der Waals surface area contributed by atoms with E-state index in [1.54, 1.807) is 0 Å². The average Bonchev–Trinajstić information content (AvgIpc) is 3.36. The van der Waals surface area contributed by atoms with Gasteiger partial charge in [-0.3, -0.25) is 14.6 Å². The molecule has 2 aliphatic rings. The summed E-state index contributed by atoms with van der Waals surface area (Å²) < 4.78 is 5.39. The van der Waals surface area contributed by atoms with E-state index in [1.165, 1.54) is 0 Å². The van der Waals surface area contributed by atoms with Crippen LogP contribution in [0.3, 0.4) is 0 Å². The highest BCUT2D eigenvalue weighted by atomic mass is 16.5. The summed E-state index contributed by atoms with van der Waals surface area (Å²) in [6.07, 6.45) is 2.86. The summed E-state index contributed by atoms with van der Waals surface area (Å²) in [5.41, 5.74) is 0.969. The van der Waals surface area contributed by atoms with Crippen molar-refractivity contribution in [3.05, 3.63) is 36.2 Å². The lowest BCUT2D eigenvalue weighted by Crippen LogP contribution is -2.53. The molecule has 0 saturated carbocycles. The molecule has 4 rings (SSSR count). The first-order valence-electron chi connectivity index (χ1n) is 9.80. The molecule has 1 aromatic carbocycles. The molecule has 0 radical (unpaired) electrons. The fourth-order valence-electron chi connectivity index (χ4n) is 3.94. The highest BCUT2D eigenvalue weighted by Gasteiger charge is 2.32. The first kappa shape index (κ1) is 18.1. The lowest BCUT2D eigenvalue weighted by molar-refractivity contribution is -0.137. The monoisotopic (exact) mass is 369 g/mol. The molecule has 1 amide bonds. The molecule has 0 aliphatic carbocycles. The molecular formula is C20H27N5O2. The van der Waals surface area contributed by atoms with E-state index in [-0.39, 0.29) is 6.04 Å². The van der Waals surface area contributed by atoms with Crippen LogP contribution < -0.4 is 0 Å². The second-order valence-corrected chi connectivity index (χ2v) is 7.43. The normalized spacial score (nSPS) is 21.7. The summed E-state index contributed by atoms with van der Waals surface area (Å²) in [5.74, 6) is 1.61. The van der Waals surface area contributed by atoms with E-state index in [9.17, 15) is 4.79 Å². The predicted molar refractivity (Wildman–Crippen MR) is 102 cm³/mol. The van der Waals surface area contributed by atoms with Gasteiger partial charge in [-0.05, 0) is 26.4 Å². The van der Waals surface area contributed by atoms with Gasteiger partial charge in [-0.2, -0.15) is 4.98 Å². The number of likely N-dealkylation sites (N-methyl/N-ethyl adjacent to an activating group) is 1. The zero-order chi connectivity index (χ0) is 18.6. The van der Waals surface area contributed by atoms with E-state index in [0.29, 0.717) is 17.6 Å². The van der Waals surface area contributed by atoms with E-state index >= 15 is 0 Å². The Bertz CT molecular complexity index is 755. The number of benzene rings is 1. The van der Waals surface area contributed by atoms with Gasteiger partial charge >= 0.3 is 0 Å². The van der Waals surface area contributed by atoms with Gasteiger partial charge in [0.2, 0.25) is 17.6 Å². The minimum absolute atomic E-state index is 0.0892. The molecule has 0 spiro atoms. The van der Waals surface area contributed by atoms with Crippen LogP contribution in [-0.2, 0) is 11.2 Å². The Balaban J connectivity index is 1.24. The first-order chi connectivity index (χ1) is 13.2. The largest absolute Gasteiger partial charge is 0.339 e. The van der Waals surface area contributed by atoms with Gasteiger partial charge < -0.3 is 9.42 Å². The fourth-order valence-corrected chi connectivity index (χ4v) is 3.94. The zero-order valence-corrected chi connectivity index (χ0v) is 15.9. The number of piperazine rings is 1. The number of carbonyl (C=O) groups excluding carboxylic acids is 1. The quantitative estimate of drug-likeness (QED) is 0.796. The number of aromatic nitrogens is 2.